The Bertz CT molecular complexity index is 615. The Morgan fingerprint density at radius 1 is 1.23 bits per heavy atom. The molecule has 1 aromatic rings. The van der Waals surface area contributed by atoms with Crippen LogP contribution in [0.3, 0.4) is 0 Å². The number of amides is 1. The second kappa shape index (κ2) is 8.17. The van der Waals surface area contributed by atoms with Gasteiger partial charge in [0, 0.05) is 19.6 Å². The van der Waals surface area contributed by atoms with Crippen molar-refractivity contribution in [3.05, 3.63) is 21.3 Å². The number of carbonyl (C=O) groups is 1. The molecule has 0 bridgehead atoms. The number of likely N-dealkylation sites (tertiary alicyclic amines) is 1. The summed E-state index contributed by atoms with van der Waals surface area (Å²) in [5.41, 5.74) is -0.213. The number of thiophene rings is 1. The molecule has 2 aliphatic rings. The predicted molar refractivity (Wildman–Crippen MR) is 108 cm³/mol. The molecule has 0 unspecified atom stereocenters. The Hall–Kier alpha value is -0.620. The molecule has 1 aliphatic carbocycles. The molecule has 2 fully saturated rings. The molecule has 1 saturated carbocycles. The van der Waals surface area contributed by atoms with Gasteiger partial charge in [0.1, 0.15) is 0 Å². The van der Waals surface area contributed by atoms with E-state index in [9.17, 15) is 9.90 Å². The molecule has 3 rings (SSSR count). The second-order valence-electron chi connectivity index (χ2n) is 8.36. The Morgan fingerprint density at radius 2 is 1.88 bits per heavy atom. The van der Waals surface area contributed by atoms with Crippen LogP contribution in [-0.4, -0.2) is 59.6 Å². The van der Waals surface area contributed by atoms with Crippen molar-refractivity contribution in [1.29, 1.82) is 0 Å². The van der Waals surface area contributed by atoms with Gasteiger partial charge in [-0.3, -0.25) is 4.79 Å². The molecule has 2 heterocycles. The number of aliphatic hydroxyl groups is 1. The van der Waals surface area contributed by atoms with Crippen LogP contribution >= 0.6 is 22.9 Å². The van der Waals surface area contributed by atoms with Gasteiger partial charge in [0.2, 0.25) is 0 Å². The fourth-order valence-corrected chi connectivity index (χ4v) is 5.65. The SMILES string of the molecule is CCCN(C)CC1(O)CCC2(CCN(C(=O)c3ccc(Cl)s3)CC2)CC1. The zero-order chi connectivity index (χ0) is 18.8. The molecule has 1 amide bonds. The normalized spacial score (nSPS) is 22.1. The summed E-state index contributed by atoms with van der Waals surface area (Å²) >= 11 is 7.33. The molecular formula is C20H31ClN2O2S. The zero-order valence-electron chi connectivity index (χ0n) is 16.0. The minimum atomic E-state index is -0.532. The van der Waals surface area contributed by atoms with Crippen LogP contribution < -0.4 is 0 Å². The number of hydrogen-bond acceptors (Lipinski definition) is 4. The van der Waals surface area contributed by atoms with Gasteiger partial charge in [-0.1, -0.05) is 18.5 Å². The maximum Gasteiger partial charge on any atom is 0.263 e. The molecule has 4 nitrogen and oxygen atoms in total. The summed E-state index contributed by atoms with van der Waals surface area (Å²) in [5, 5.41) is 11.0. The predicted octanol–water partition coefficient (Wildman–Crippen LogP) is 4.27. The van der Waals surface area contributed by atoms with Crippen molar-refractivity contribution in [2.45, 2.75) is 57.5 Å². The summed E-state index contributed by atoms with van der Waals surface area (Å²) in [6.45, 7) is 5.64. The van der Waals surface area contributed by atoms with Gasteiger partial charge in [-0.25, -0.2) is 0 Å². The van der Waals surface area contributed by atoms with Gasteiger partial charge in [0.15, 0.2) is 0 Å². The molecule has 1 spiro atoms. The van der Waals surface area contributed by atoms with Crippen LogP contribution in [-0.2, 0) is 0 Å². The van der Waals surface area contributed by atoms with Crippen molar-refractivity contribution < 1.29 is 9.90 Å². The van der Waals surface area contributed by atoms with Crippen molar-refractivity contribution in [2.24, 2.45) is 5.41 Å². The molecule has 1 aliphatic heterocycles. The Labute approximate surface area is 166 Å². The van der Waals surface area contributed by atoms with E-state index in [1.54, 1.807) is 6.07 Å². The Morgan fingerprint density at radius 3 is 2.42 bits per heavy atom. The van der Waals surface area contributed by atoms with Gasteiger partial charge in [0.05, 0.1) is 14.8 Å². The molecule has 26 heavy (non-hydrogen) atoms. The van der Waals surface area contributed by atoms with Crippen LogP contribution in [0.5, 0.6) is 0 Å². The average molecular weight is 399 g/mol. The van der Waals surface area contributed by atoms with Gasteiger partial charge in [-0.15, -0.1) is 11.3 Å². The van der Waals surface area contributed by atoms with Gasteiger partial charge >= 0.3 is 0 Å². The number of carbonyl (C=O) groups excluding carboxylic acids is 1. The van der Waals surface area contributed by atoms with Crippen LogP contribution in [0.4, 0.5) is 0 Å². The quantitative estimate of drug-likeness (QED) is 0.805. The largest absolute Gasteiger partial charge is 0.389 e. The number of rotatable bonds is 5. The lowest BCUT2D eigenvalue weighted by atomic mass is 9.64. The van der Waals surface area contributed by atoms with Crippen molar-refractivity contribution in [3.8, 4) is 0 Å². The number of nitrogens with zero attached hydrogens (tertiary/aromatic N) is 2. The third-order valence-electron chi connectivity index (χ3n) is 6.31. The first-order chi connectivity index (χ1) is 12.3. The van der Waals surface area contributed by atoms with E-state index in [1.807, 2.05) is 11.0 Å². The molecular weight excluding hydrogens is 368 g/mol. The number of piperidine rings is 1. The Balaban J connectivity index is 1.51. The molecule has 1 aromatic heterocycles. The molecule has 6 heteroatoms. The highest BCUT2D eigenvalue weighted by Gasteiger charge is 2.44. The van der Waals surface area contributed by atoms with Gasteiger partial charge in [-0.2, -0.15) is 0 Å². The summed E-state index contributed by atoms with van der Waals surface area (Å²) in [7, 11) is 2.10. The van der Waals surface area contributed by atoms with E-state index in [0.717, 1.165) is 76.0 Å². The molecule has 0 aromatic carbocycles. The highest BCUT2D eigenvalue weighted by molar-refractivity contribution is 7.17. The highest BCUT2D eigenvalue weighted by Crippen LogP contribution is 2.48. The summed E-state index contributed by atoms with van der Waals surface area (Å²) in [6.07, 6.45) is 7.16. The summed E-state index contributed by atoms with van der Waals surface area (Å²) in [4.78, 5) is 17.6. The average Bonchev–Trinajstić information content (AvgIpc) is 3.05. The van der Waals surface area contributed by atoms with Gasteiger partial charge in [-0.05, 0) is 76.1 Å². The van der Waals surface area contributed by atoms with Crippen molar-refractivity contribution in [3.63, 3.8) is 0 Å². The lowest BCUT2D eigenvalue weighted by molar-refractivity contribution is -0.0643. The molecule has 1 saturated heterocycles. The van der Waals surface area contributed by atoms with E-state index in [-0.39, 0.29) is 5.91 Å². The van der Waals surface area contributed by atoms with Crippen molar-refractivity contribution in [1.82, 2.24) is 9.80 Å². The van der Waals surface area contributed by atoms with Gasteiger partial charge < -0.3 is 14.9 Å². The van der Waals surface area contributed by atoms with E-state index in [4.69, 9.17) is 11.6 Å². The monoisotopic (exact) mass is 398 g/mol. The van der Waals surface area contributed by atoms with E-state index in [0.29, 0.717) is 9.75 Å². The second-order valence-corrected chi connectivity index (χ2v) is 10.1. The maximum absolute atomic E-state index is 12.6. The first-order valence-corrected chi connectivity index (χ1v) is 11.0. The minimum Gasteiger partial charge on any atom is -0.389 e. The summed E-state index contributed by atoms with van der Waals surface area (Å²) in [5.74, 6) is 0.116. The number of likely N-dealkylation sites (N-methyl/N-ethyl adjacent to an activating group) is 1. The third-order valence-corrected chi connectivity index (χ3v) is 7.53. The summed E-state index contributed by atoms with van der Waals surface area (Å²) in [6, 6.07) is 3.62. The van der Waals surface area contributed by atoms with Crippen LogP contribution in [0, 0.1) is 5.41 Å². The van der Waals surface area contributed by atoms with Crippen molar-refractivity contribution >= 4 is 28.8 Å². The van der Waals surface area contributed by atoms with Crippen LogP contribution in [0.2, 0.25) is 4.34 Å². The first kappa shape index (κ1) is 20.1. The van der Waals surface area contributed by atoms with E-state index >= 15 is 0 Å². The van der Waals surface area contributed by atoms with Crippen LogP contribution in [0.15, 0.2) is 12.1 Å². The van der Waals surface area contributed by atoms with Gasteiger partial charge in [0.25, 0.3) is 5.91 Å². The smallest absolute Gasteiger partial charge is 0.263 e. The standard InChI is InChI=1S/C20H31ClN2O2S/c1-3-12-22(2)15-20(25)8-6-19(7-9-20)10-13-23(14-11-19)18(24)16-4-5-17(21)26-16/h4-5,25H,3,6-15H2,1-2H3. The first-order valence-electron chi connectivity index (χ1n) is 9.80. The number of halogens is 1. The third kappa shape index (κ3) is 4.61. The van der Waals surface area contributed by atoms with Crippen molar-refractivity contribution in [2.75, 3.05) is 33.2 Å². The van der Waals surface area contributed by atoms with E-state index in [2.05, 4.69) is 18.9 Å². The molecule has 146 valence electrons. The fourth-order valence-electron chi connectivity index (χ4n) is 4.64. The molecule has 1 N–H and O–H groups in total. The molecule has 0 atom stereocenters. The zero-order valence-corrected chi connectivity index (χ0v) is 17.5. The highest BCUT2D eigenvalue weighted by atomic mass is 35.5. The fraction of sp³-hybridized carbons (Fsp3) is 0.750. The number of hydrogen-bond donors (Lipinski definition) is 1. The van der Waals surface area contributed by atoms with E-state index < -0.39 is 5.60 Å². The Kier molecular flexibility index (Phi) is 6.33. The van der Waals surface area contributed by atoms with E-state index in [1.165, 1.54) is 11.3 Å². The maximum atomic E-state index is 12.6. The summed E-state index contributed by atoms with van der Waals surface area (Å²) < 4.78 is 0.668. The van der Waals surface area contributed by atoms with Crippen LogP contribution in [0.1, 0.15) is 61.5 Å². The van der Waals surface area contributed by atoms with Crippen LogP contribution in [0.25, 0.3) is 0 Å². The topological polar surface area (TPSA) is 43.8 Å². The minimum absolute atomic E-state index is 0.116. The lowest BCUT2D eigenvalue weighted by Gasteiger charge is -2.49. The lowest BCUT2D eigenvalue weighted by Crippen LogP contribution is -2.50. The molecule has 0 radical (unpaired) electrons.